The average Bonchev–Trinajstić information content (AvgIpc) is 3.07. The molecule has 0 saturated carbocycles. The molecule has 2 amide bonds. The van der Waals surface area contributed by atoms with E-state index in [1.807, 2.05) is 36.1 Å². The third kappa shape index (κ3) is 5.01. The van der Waals surface area contributed by atoms with Gasteiger partial charge in [0.25, 0.3) is 0 Å². The summed E-state index contributed by atoms with van der Waals surface area (Å²) in [6, 6.07) is 7.68. The van der Waals surface area contributed by atoms with Crippen LogP contribution in [0.4, 0.5) is 5.69 Å². The number of hydrogen-bond donors (Lipinski definition) is 0. The molecule has 2 rings (SSSR count). The predicted octanol–water partition coefficient (Wildman–Crippen LogP) is 3.10. The number of ether oxygens (including phenoxy) is 2. The molecule has 1 saturated heterocycles. The number of benzene rings is 1. The zero-order valence-electron chi connectivity index (χ0n) is 16.9. The van der Waals surface area contributed by atoms with Crippen LogP contribution in [-0.2, 0) is 14.3 Å². The van der Waals surface area contributed by atoms with Gasteiger partial charge in [-0.05, 0) is 31.9 Å². The first-order valence-electron chi connectivity index (χ1n) is 9.88. The van der Waals surface area contributed by atoms with Gasteiger partial charge in [0.2, 0.25) is 11.8 Å². The smallest absolute Gasteiger partial charge is 0.228 e. The molecule has 6 heteroatoms. The van der Waals surface area contributed by atoms with Crippen molar-refractivity contribution in [1.29, 1.82) is 0 Å². The van der Waals surface area contributed by atoms with E-state index in [0.717, 1.165) is 18.5 Å². The van der Waals surface area contributed by atoms with E-state index in [9.17, 15) is 9.59 Å². The van der Waals surface area contributed by atoms with Crippen molar-refractivity contribution in [3.8, 4) is 5.75 Å². The van der Waals surface area contributed by atoms with Gasteiger partial charge in [-0.1, -0.05) is 26.0 Å². The van der Waals surface area contributed by atoms with Gasteiger partial charge < -0.3 is 19.3 Å². The molecule has 1 aliphatic rings. The Hall–Kier alpha value is -2.08. The molecule has 0 radical (unpaired) electrons. The quantitative estimate of drug-likeness (QED) is 0.630. The molecule has 1 unspecified atom stereocenters. The van der Waals surface area contributed by atoms with Crippen LogP contribution in [0.5, 0.6) is 5.75 Å². The highest BCUT2D eigenvalue weighted by molar-refractivity contribution is 6.01. The van der Waals surface area contributed by atoms with Crippen LogP contribution in [0.25, 0.3) is 0 Å². The van der Waals surface area contributed by atoms with Crippen LogP contribution in [0, 0.1) is 5.92 Å². The molecule has 6 nitrogen and oxygen atoms in total. The van der Waals surface area contributed by atoms with Crippen molar-refractivity contribution in [3.63, 3.8) is 0 Å². The molecule has 0 N–H and O–H groups in total. The van der Waals surface area contributed by atoms with Crippen molar-refractivity contribution in [2.75, 3.05) is 38.3 Å². The summed E-state index contributed by atoms with van der Waals surface area (Å²) in [5.41, 5.74) is 0.741. The van der Waals surface area contributed by atoms with Gasteiger partial charge in [0.05, 0.1) is 24.8 Å². The molecule has 1 atom stereocenters. The van der Waals surface area contributed by atoms with Crippen molar-refractivity contribution < 1.29 is 19.1 Å². The molecule has 0 bridgehead atoms. The van der Waals surface area contributed by atoms with E-state index in [1.54, 1.807) is 12.0 Å². The van der Waals surface area contributed by atoms with Crippen molar-refractivity contribution in [2.45, 2.75) is 46.1 Å². The fraction of sp³-hybridized carbons (Fsp3) is 0.619. The third-order valence-electron chi connectivity index (χ3n) is 5.13. The van der Waals surface area contributed by atoms with Crippen LogP contribution in [-0.4, -0.2) is 56.2 Å². The molecule has 27 heavy (non-hydrogen) atoms. The third-order valence-corrected chi connectivity index (χ3v) is 5.13. The summed E-state index contributed by atoms with van der Waals surface area (Å²) in [5.74, 6) is 0.365. The number of rotatable bonds is 10. The van der Waals surface area contributed by atoms with Crippen LogP contribution in [0.15, 0.2) is 24.3 Å². The molecule has 0 spiro atoms. The maximum Gasteiger partial charge on any atom is 0.228 e. The fourth-order valence-electron chi connectivity index (χ4n) is 3.69. The number of carbonyl (C=O) groups excluding carboxylic acids is 2. The molecule has 1 fully saturated rings. The lowest BCUT2D eigenvalue weighted by molar-refractivity contribution is -0.139. The number of para-hydroxylation sites is 2. The van der Waals surface area contributed by atoms with Crippen LogP contribution in [0.1, 0.15) is 40.0 Å². The van der Waals surface area contributed by atoms with Gasteiger partial charge >= 0.3 is 0 Å². The van der Waals surface area contributed by atoms with Gasteiger partial charge in [-0.2, -0.15) is 0 Å². The number of hydrogen-bond acceptors (Lipinski definition) is 4. The number of methoxy groups -OCH3 is 1. The maximum absolute atomic E-state index is 13.2. The first-order chi connectivity index (χ1) is 13.1. The second kappa shape index (κ2) is 10.3. The molecule has 1 aromatic carbocycles. The van der Waals surface area contributed by atoms with E-state index in [-0.39, 0.29) is 30.2 Å². The number of carbonyl (C=O) groups is 2. The monoisotopic (exact) mass is 376 g/mol. The van der Waals surface area contributed by atoms with Gasteiger partial charge in [0.15, 0.2) is 0 Å². The maximum atomic E-state index is 13.2. The Morgan fingerprint density at radius 3 is 2.59 bits per heavy atom. The molecule has 150 valence electrons. The van der Waals surface area contributed by atoms with Gasteiger partial charge in [0, 0.05) is 32.7 Å². The van der Waals surface area contributed by atoms with E-state index >= 15 is 0 Å². The number of nitrogens with zero attached hydrogens (tertiary/aromatic N) is 2. The SMILES string of the molecule is CCOc1ccccc1N1CC(C(=O)N(CCOC)C(CC)CC)CC1=O. The Kier molecular flexibility index (Phi) is 8.10. The second-order valence-electron chi connectivity index (χ2n) is 6.80. The van der Waals surface area contributed by atoms with Gasteiger partial charge in [-0.15, -0.1) is 0 Å². The van der Waals surface area contributed by atoms with Gasteiger partial charge in [0.1, 0.15) is 5.75 Å². The van der Waals surface area contributed by atoms with E-state index in [4.69, 9.17) is 9.47 Å². The highest BCUT2D eigenvalue weighted by atomic mass is 16.5. The Morgan fingerprint density at radius 2 is 1.96 bits per heavy atom. The van der Waals surface area contributed by atoms with E-state index in [1.165, 1.54) is 0 Å². The van der Waals surface area contributed by atoms with Crippen molar-refractivity contribution in [1.82, 2.24) is 4.90 Å². The summed E-state index contributed by atoms with van der Waals surface area (Å²) in [4.78, 5) is 29.5. The molecule has 0 aromatic heterocycles. The summed E-state index contributed by atoms with van der Waals surface area (Å²) in [7, 11) is 1.64. The minimum Gasteiger partial charge on any atom is -0.492 e. The highest BCUT2D eigenvalue weighted by Crippen LogP contribution is 2.34. The molecular weight excluding hydrogens is 344 g/mol. The average molecular weight is 376 g/mol. The van der Waals surface area contributed by atoms with E-state index < -0.39 is 0 Å². The Morgan fingerprint density at radius 1 is 1.26 bits per heavy atom. The second-order valence-corrected chi connectivity index (χ2v) is 6.80. The summed E-state index contributed by atoms with van der Waals surface area (Å²) >= 11 is 0. The zero-order valence-corrected chi connectivity index (χ0v) is 16.9. The number of anilines is 1. The van der Waals surface area contributed by atoms with Crippen LogP contribution in [0.3, 0.4) is 0 Å². The predicted molar refractivity (Wildman–Crippen MR) is 106 cm³/mol. The highest BCUT2D eigenvalue weighted by Gasteiger charge is 2.39. The fourth-order valence-corrected chi connectivity index (χ4v) is 3.69. The topological polar surface area (TPSA) is 59.1 Å². The van der Waals surface area contributed by atoms with Crippen molar-refractivity contribution in [2.24, 2.45) is 5.92 Å². The van der Waals surface area contributed by atoms with Crippen LogP contribution >= 0.6 is 0 Å². The number of amides is 2. The summed E-state index contributed by atoms with van der Waals surface area (Å²) in [5, 5.41) is 0. The summed E-state index contributed by atoms with van der Waals surface area (Å²) in [6.07, 6.45) is 2.02. The van der Waals surface area contributed by atoms with Crippen molar-refractivity contribution >= 4 is 17.5 Å². The first kappa shape index (κ1) is 21.2. The van der Waals surface area contributed by atoms with Crippen LogP contribution in [0.2, 0.25) is 0 Å². The standard InChI is InChI=1S/C21H32N2O4/c1-5-17(6-2)22(12-13-26-4)21(25)16-14-20(24)23(15-16)18-10-8-9-11-19(18)27-7-3/h8-11,16-17H,5-7,12-15H2,1-4H3. The normalized spacial score (nSPS) is 16.9. The zero-order chi connectivity index (χ0) is 19.8. The lowest BCUT2D eigenvalue weighted by Gasteiger charge is -2.32. The molecular formula is C21H32N2O4. The Balaban J connectivity index is 2.18. The van der Waals surface area contributed by atoms with Gasteiger partial charge in [-0.25, -0.2) is 0 Å². The lowest BCUT2D eigenvalue weighted by atomic mass is 10.0. The Bertz CT molecular complexity index is 630. The first-order valence-corrected chi connectivity index (χ1v) is 9.88. The molecule has 1 heterocycles. The molecule has 1 aromatic rings. The molecule has 1 aliphatic heterocycles. The summed E-state index contributed by atoms with van der Waals surface area (Å²) < 4.78 is 10.9. The van der Waals surface area contributed by atoms with Crippen molar-refractivity contribution in [3.05, 3.63) is 24.3 Å². The van der Waals surface area contributed by atoms with E-state index in [2.05, 4.69) is 13.8 Å². The Labute approximate surface area is 162 Å². The summed E-state index contributed by atoms with van der Waals surface area (Å²) in [6.45, 7) is 8.07. The minimum atomic E-state index is -0.329. The van der Waals surface area contributed by atoms with Gasteiger partial charge in [-0.3, -0.25) is 9.59 Å². The molecule has 0 aliphatic carbocycles. The largest absolute Gasteiger partial charge is 0.492 e. The van der Waals surface area contributed by atoms with E-state index in [0.29, 0.717) is 32.1 Å². The minimum absolute atomic E-state index is 0.0308. The lowest BCUT2D eigenvalue weighted by Crippen LogP contribution is -2.45. The van der Waals surface area contributed by atoms with Crippen LogP contribution < -0.4 is 9.64 Å².